The zero-order chi connectivity index (χ0) is 11.7. The molecule has 4 nitrogen and oxygen atoms in total. The first kappa shape index (κ1) is 11.4. The molecule has 4 heteroatoms. The minimum Gasteiger partial charge on any atom is -0.467 e. The van der Waals surface area contributed by atoms with Gasteiger partial charge in [0.05, 0.1) is 12.2 Å². The van der Waals surface area contributed by atoms with Crippen molar-refractivity contribution in [3.8, 4) is 0 Å². The fraction of sp³-hybridized carbons (Fsp3) is 0.583. The maximum absolute atomic E-state index is 12.0. The zero-order valence-corrected chi connectivity index (χ0v) is 9.67. The summed E-state index contributed by atoms with van der Waals surface area (Å²) in [5, 5.41) is 0. The van der Waals surface area contributed by atoms with Crippen molar-refractivity contribution in [3.63, 3.8) is 0 Å². The van der Waals surface area contributed by atoms with E-state index in [1.54, 1.807) is 19.4 Å². The molecule has 0 radical (unpaired) electrons. The summed E-state index contributed by atoms with van der Waals surface area (Å²) in [7, 11) is 1.55. The maximum atomic E-state index is 12.0. The summed E-state index contributed by atoms with van der Waals surface area (Å²) in [5.74, 6) is 0.396. The van der Waals surface area contributed by atoms with Crippen LogP contribution in [-0.4, -0.2) is 19.2 Å². The molecule has 1 aromatic rings. The van der Waals surface area contributed by atoms with E-state index in [2.05, 4.69) is 0 Å². The summed E-state index contributed by atoms with van der Waals surface area (Å²) in [6, 6.07) is 3.60. The monoisotopic (exact) mass is 224 g/mol. The van der Waals surface area contributed by atoms with Crippen LogP contribution in [0.25, 0.3) is 0 Å². The van der Waals surface area contributed by atoms with Gasteiger partial charge in [0.2, 0.25) is 0 Å². The third-order valence-corrected chi connectivity index (χ3v) is 3.10. The number of ether oxygens (including phenoxy) is 2. The van der Waals surface area contributed by atoms with E-state index < -0.39 is 6.29 Å². The average Bonchev–Trinajstić information content (AvgIpc) is 2.80. The van der Waals surface area contributed by atoms with Gasteiger partial charge < -0.3 is 13.9 Å². The van der Waals surface area contributed by atoms with E-state index in [1.807, 2.05) is 19.9 Å². The normalized spacial score (nSPS) is 35.3. The van der Waals surface area contributed by atoms with Gasteiger partial charge in [-0.3, -0.25) is 4.79 Å². The van der Waals surface area contributed by atoms with Gasteiger partial charge in [-0.15, -0.1) is 0 Å². The van der Waals surface area contributed by atoms with E-state index in [0.717, 1.165) is 0 Å². The van der Waals surface area contributed by atoms with Crippen molar-refractivity contribution in [1.29, 1.82) is 0 Å². The van der Waals surface area contributed by atoms with Crippen LogP contribution in [0.15, 0.2) is 22.8 Å². The lowest BCUT2D eigenvalue weighted by molar-refractivity contribution is -0.220. The Balaban J connectivity index is 2.23. The molecule has 0 amide bonds. The topological polar surface area (TPSA) is 48.7 Å². The highest BCUT2D eigenvalue weighted by Crippen LogP contribution is 2.36. The number of Topliss-reactive ketones (excluding diaryl/α,β-unsaturated/α-hetero) is 1. The van der Waals surface area contributed by atoms with Crippen molar-refractivity contribution in [2.24, 2.45) is 11.8 Å². The van der Waals surface area contributed by atoms with Crippen molar-refractivity contribution in [3.05, 3.63) is 24.2 Å². The van der Waals surface area contributed by atoms with Crippen LogP contribution in [0.3, 0.4) is 0 Å². The third kappa shape index (κ3) is 1.79. The molecule has 1 aromatic heterocycles. The number of hydrogen-bond acceptors (Lipinski definition) is 4. The minimum atomic E-state index is -0.487. The summed E-state index contributed by atoms with van der Waals surface area (Å²) < 4.78 is 16.2. The molecular formula is C12H16O4. The van der Waals surface area contributed by atoms with Gasteiger partial charge in [-0.1, -0.05) is 13.8 Å². The largest absolute Gasteiger partial charge is 0.467 e. The highest BCUT2D eigenvalue weighted by Gasteiger charge is 2.42. The first-order valence-electron chi connectivity index (χ1n) is 5.40. The molecule has 16 heavy (non-hydrogen) atoms. The second-order valence-corrected chi connectivity index (χ2v) is 4.16. The van der Waals surface area contributed by atoms with Crippen LogP contribution in [0.1, 0.15) is 25.7 Å². The molecule has 0 saturated carbocycles. The standard InChI is InChI=1S/C12H16O4/c1-7-10(13)8(2)12(14-3)16-11(7)9-5-4-6-15-9/h4-8,11-12H,1-3H3/t7-,8-,11+,12-/m1/s1. The number of rotatable bonds is 2. The third-order valence-electron chi connectivity index (χ3n) is 3.10. The summed E-state index contributed by atoms with van der Waals surface area (Å²) in [6.45, 7) is 3.68. The van der Waals surface area contributed by atoms with Crippen LogP contribution < -0.4 is 0 Å². The molecule has 1 aliphatic rings. The average molecular weight is 224 g/mol. The summed E-state index contributed by atoms with van der Waals surface area (Å²) >= 11 is 0. The van der Waals surface area contributed by atoms with Crippen molar-refractivity contribution < 1.29 is 18.7 Å². The Bertz CT molecular complexity index is 357. The van der Waals surface area contributed by atoms with Crippen molar-refractivity contribution in [2.75, 3.05) is 7.11 Å². The second kappa shape index (κ2) is 4.39. The molecule has 0 unspecified atom stereocenters. The molecular weight excluding hydrogens is 208 g/mol. The summed E-state index contributed by atoms with van der Waals surface area (Å²) in [5.41, 5.74) is 0. The van der Waals surface area contributed by atoms with E-state index in [1.165, 1.54) is 0 Å². The lowest BCUT2D eigenvalue weighted by Crippen LogP contribution is -2.42. The van der Waals surface area contributed by atoms with Crippen LogP contribution in [0.2, 0.25) is 0 Å². The van der Waals surface area contributed by atoms with E-state index in [0.29, 0.717) is 5.76 Å². The van der Waals surface area contributed by atoms with Crippen LogP contribution in [0, 0.1) is 11.8 Å². The van der Waals surface area contributed by atoms with Crippen molar-refractivity contribution in [2.45, 2.75) is 26.2 Å². The Morgan fingerprint density at radius 1 is 1.31 bits per heavy atom. The van der Waals surface area contributed by atoms with Crippen LogP contribution >= 0.6 is 0 Å². The Kier molecular flexibility index (Phi) is 3.12. The molecule has 0 spiro atoms. The molecule has 1 fully saturated rings. The van der Waals surface area contributed by atoms with E-state index >= 15 is 0 Å². The van der Waals surface area contributed by atoms with Gasteiger partial charge in [-0.25, -0.2) is 0 Å². The fourth-order valence-corrected chi connectivity index (χ4v) is 2.10. The van der Waals surface area contributed by atoms with Crippen LogP contribution in [0.4, 0.5) is 0 Å². The van der Waals surface area contributed by atoms with Gasteiger partial charge in [0, 0.05) is 13.0 Å². The lowest BCUT2D eigenvalue weighted by Gasteiger charge is -2.35. The van der Waals surface area contributed by atoms with E-state index in [9.17, 15) is 4.79 Å². The number of methoxy groups -OCH3 is 1. The molecule has 2 rings (SSSR count). The van der Waals surface area contributed by atoms with Crippen LogP contribution in [-0.2, 0) is 14.3 Å². The fourth-order valence-electron chi connectivity index (χ4n) is 2.10. The van der Waals surface area contributed by atoms with Gasteiger partial charge in [-0.05, 0) is 12.1 Å². The van der Waals surface area contributed by atoms with Gasteiger partial charge in [0.1, 0.15) is 17.6 Å². The number of carbonyl (C=O) groups is 1. The second-order valence-electron chi connectivity index (χ2n) is 4.16. The smallest absolute Gasteiger partial charge is 0.167 e. The van der Waals surface area contributed by atoms with E-state index in [-0.39, 0.29) is 23.7 Å². The highest BCUT2D eigenvalue weighted by atomic mass is 16.7. The number of furan rings is 1. The quantitative estimate of drug-likeness (QED) is 0.772. The number of hydrogen-bond donors (Lipinski definition) is 0. The minimum absolute atomic E-state index is 0.152. The van der Waals surface area contributed by atoms with E-state index in [4.69, 9.17) is 13.9 Å². The SMILES string of the molecule is CO[C@@H]1O[C@H](c2ccco2)[C@H](C)C(=O)[C@H]1C. The Hall–Kier alpha value is -1.13. The molecule has 0 N–H and O–H groups in total. The summed E-state index contributed by atoms with van der Waals surface area (Å²) in [4.78, 5) is 12.0. The van der Waals surface area contributed by atoms with Gasteiger partial charge in [0.25, 0.3) is 0 Å². The molecule has 0 aromatic carbocycles. The Labute approximate surface area is 94.5 Å². The molecule has 1 saturated heterocycles. The van der Waals surface area contributed by atoms with Gasteiger partial charge >= 0.3 is 0 Å². The van der Waals surface area contributed by atoms with Crippen molar-refractivity contribution >= 4 is 5.78 Å². The maximum Gasteiger partial charge on any atom is 0.167 e. The van der Waals surface area contributed by atoms with Crippen LogP contribution in [0.5, 0.6) is 0 Å². The first-order valence-corrected chi connectivity index (χ1v) is 5.40. The molecule has 0 bridgehead atoms. The first-order chi connectivity index (χ1) is 7.65. The lowest BCUT2D eigenvalue weighted by atomic mass is 9.86. The summed E-state index contributed by atoms with van der Waals surface area (Å²) in [6.07, 6.45) is 0.748. The molecule has 0 aliphatic carbocycles. The predicted octanol–water partition coefficient (Wildman–Crippen LogP) is 2.16. The van der Waals surface area contributed by atoms with Crippen molar-refractivity contribution in [1.82, 2.24) is 0 Å². The number of ketones is 1. The molecule has 2 heterocycles. The van der Waals surface area contributed by atoms with Gasteiger partial charge in [-0.2, -0.15) is 0 Å². The highest BCUT2D eigenvalue weighted by molar-refractivity contribution is 5.84. The molecule has 88 valence electrons. The Morgan fingerprint density at radius 3 is 2.62 bits per heavy atom. The number of carbonyl (C=O) groups excluding carboxylic acids is 1. The van der Waals surface area contributed by atoms with Gasteiger partial charge in [0.15, 0.2) is 6.29 Å². The predicted molar refractivity (Wildman–Crippen MR) is 56.7 cm³/mol. The molecule has 4 atom stereocenters. The zero-order valence-electron chi connectivity index (χ0n) is 9.67. The Morgan fingerprint density at radius 2 is 2.06 bits per heavy atom. The molecule has 1 aliphatic heterocycles.